The monoisotopic (exact) mass is 1020 g/mol. The number of hydrogen-bond donors (Lipinski definition) is 4. The molecule has 3 heterocycles. The van der Waals surface area contributed by atoms with Crippen molar-refractivity contribution >= 4 is 53.3 Å². The number of nitrogens with zero attached hydrogens (tertiary/aromatic N) is 2. The number of para-hydroxylation sites is 1. The van der Waals surface area contributed by atoms with Gasteiger partial charge in [-0.15, -0.1) is 0 Å². The zero-order valence-corrected chi connectivity index (χ0v) is 42.6. The Morgan fingerprint density at radius 2 is 1.49 bits per heavy atom. The lowest BCUT2D eigenvalue weighted by atomic mass is 9.74. The first-order valence-corrected chi connectivity index (χ1v) is 28.4. The Labute approximate surface area is 411 Å². The number of nitrogens with one attached hydrogen (secondary N) is 1. The van der Waals surface area contributed by atoms with Crippen LogP contribution in [-0.4, -0.2) is 86.7 Å². The summed E-state index contributed by atoms with van der Waals surface area (Å²) in [5, 5.41) is 2.69. The van der Waals surface area contributed by atoms with Crippen molar-refractivity contribution in [3.05, 3.63) is 136 Å². The first-order valence-electron chi connectivity index (χ1n) is 23.8. The van der Waals surface area contributed by atoms with E-state index in [9.17, 15) is 43.7 Å². The van der Waals surface area contributed by atoms with Gasteiger partial charge in [0.15, 0.2) is 17.2 Å². The van der Waals surface area contributed by atoms with Crippen LogP contribution in [0, 0.1) is 5.92 Å². The number of benzene rings is 3. The molecule has 8 rings (SSSR count). The third-order valence-electron chi connectivity index (χ3n) is 14.3. The molecule has 5 aliphatic rings. The number of unbranched alkanes of at least 4 members (excludes halogenated alkanes) is 2. The van der Waals surface area contributed by atoms with Gasteiger partial charge in [0.2, 0.25) is 11.6 Å². The average Bonchev–Trinajstić information content (AvgIpc) is 3.53. The summed E-state index contributed by atoms with van der Waals surface area (Å²) in [7, 11) is -11.2. The van der Waals surface area contributed by atoms with Crippen molar-refractivity contribution in [2.75, 3.05) is 36.5 Å². The van der Waals surface area contributed by atoms with E-state index in [-0.39, 0.29) is 35.3 Å². The first kappa shape index (κ1) is 51.0. The molecule has 2 aliphatic carbocycles. The van der Waals surface area contributed by atoms with Crippen LogP contribution < -0.4 is 19.7 Å². The maximum Gasteiger partial charge on any atom is 0.294 e. The van der Waals surface area contributed by atoms with Crippen LogP contribution in [0.1, 0.15) is 102 Å². The molecule has 18 heteroatoms. The second-order valence-electron chi connectivity index (χ2n) is 19.7. The predicted molar refractivity (Wildman–Crippen MR) is 269 cm³/mol. The summed E-state index contributed by atoms with van der Waals surface area (Å²) in [5.41, 5.74) is 7.99. The Morgan fingerprint density at radius 1 is 0.786 bits per heavy atom. The number of carbonyl (C=O) groups excluding carboxylic acids is 1. The summed E-state index contributed by atoms with van der Waals surface area (Å²) < 4.78 is 116. The Balaban J connectivity index is 1.24. The van der Waals surface area contributed by atoms with Gasteiger partial charge < -0.3 is 19.7 Å². The summed E-state index contributed by atoms with van der Waals surface area (Å²) in [6.45, 7) is 9.21. The molecule has 0 saturated carbocycles. The summed E-state index contributed by atoms with van der Waals surface area (Å²) in [5.74, 6) is 1.72. The molecular weight excluding hydrogens is 955 g/mol. The number of aryl methyl sites for hydroxylation is 1. The Morgan fingerprint density at radius 3 is 2.20 bits per heavy atom. The van der Waals surface area contributed by atoms with Crippen LogP contribution in [0.25, 0.3) is 0 Å². The Hall–Kier alpha value is -5.37. The molecule has 0 radical (unpaired) electrons. The zero-order chi connectivity index (χ0) is 50.4. The molecule has 3 aromatic rings. The van der Waals surface area contributed by atoms with Gasteiger partial charge in [0.05, 0.1) is 21.8 Å². The van der Waals surface area contributed by atoms with Gasteiger partial charge >= 0.3 is 0 Å². The van der Waals surface area contributed by atoms with Crippen LogP contribution in [0.2, 0.25) is 0 Å². The molecule has 4 N–H and O–H groups in total. The predicted octanol–water partition coefficient (Wildman–Crippen LogP) is 8.67. The maximum atomic E-state index is 12.3. The van der Waals surface area contributed by atoms with Crippen LogP contribution in [0.15, 0.2) is 124 Å². The highest BCUT2D eigenvalue weighted by Gasteiger charge is 2.45. The highest BCUT2D eigenvalue weighted by Crippen LogP contribution is 2.52. The van der Waals surface area contributed by atoms with Crippen molar-refractivity contribution in [3.63, 3.8) is 0 Å². The normalized spacial score (nSPS) is 20.6. The fourth-order valence-electron chi connectivity index (χ4n) is 10.6. The summed E-state index contributed by atoms with van der Waals surface area (Å²) in [4.78, 5) is 14.1. The zero-order valence-electron chi connectivity index (χ0n) is 40.2. The number of amides is 1. The second-order valence-corrected chi connectivity index (χ2v) is 24.3. The molecule has 1 amide bonds. The topological polar surface area (TPSA) is 217 Å². The average molecular weight is 1020 g/mol. The van der Waals surface area contributed by atoms with Crippen LogP contribution in [0.5, 0.6) is 11.5 Å². The number of allylic oxidation sites excluding steroid dienone is 8. The van der Waals surface area contributed by atoms with E-state index in [0.717, 1.165) is 64.2 Å². The standard InChI is InChI=1S/C52H61N3O12S3/c1-51(2)39-12-6-7-13-41(39)54(28-8-10-30-68(57,58)59)45(51)25-20-36-18-16-35-17-19-37(50-48(35)49(36)66-43-24-14-34(32-44(43)67-50)15-27-47(56)53-5)21-26-46-52(3,4)40-33-38(70(63,64)65)22-23-42(40)55(46)29-9-11-31-69(60,61)62/h6-7,12-14,20-26,32-33,35H,8-11,15-19,27-31H2,1-5H3,(H3-,53,56,57,58,59,60,61,62,63,64,65)/p+1. The number of ether oxygens (including phenoxy) is 2. The molecule has 0 spiro atoms. The van der Waals surface area contributed by atoms with Gasteiger partial charge in [-0.1, -0.05) is 44.2 Å². The Kier molecular flexibility index (Phi) is 14.3. The minimum Gasteiger partial charge on any atom is -0.453 e. The molecular formula is C52H62N3O12S3+. The summed E-state index contributed by atoms with van der Waals surface area (Å²) >= 11 is 0. The molecule has 0 saturated heterocycles. The van der Waals surface area contributed by atoms with Gasteiger partial charge in [-0.2, -0.15) is 29.8 Å². The van der Waals surface area contributed by atoms with Crippen LogP contribution in [0.3, 0.4) is 0 Å². The fourth-order valence-corrected chi connectivity index (χ4v) is 12.2. The highest BCUT2D eigenvalue weighted by atomic mass is 32.2. The van der Waals surface area contributed by atoms with E-state index in [1.807, 2.05) is 61.2 Å². The fraction of sp³-hybridized carbons (Fsp3) is 0.423. The number of fused-ring (bicyclic) bond motifs is 3. The molecule has 0 bridgehead atoms. The van der Waals surface area contributed by atoms with Gasteiger partial charge in [-0.3, -0.25) is 18.5 Å². The van der Waals surface area contributed by atoms with Crippen molar-refractivity contribution in [1.82, 2.24) is 5.32 Å². The number of carbonyl (C=O) groups is 1. The molecule has 0 fully saturated rings. The molecule has 3 aliphatic heterocycles. The molecule has 1 atom stereocenters. The van der Waals surface area contributed by atoms with Gasteiger partial charge in [0.25, 0.3) is 30.4 Å². The summed E-state index contributed by atoms with van der Waals surface area (Å²) in [6.07, 6.45) is 13.6. The molecule has 3 aromatic carbocycles. The lowest BCUT2D eigenvalue weighted by Crippen LogP contribution is -2.28. The third-order valence-corrected chi connectivity index (χ3v) is 16.7. The molecule has 374 valence electrons. The van der Waals surface area contributed by atoms with Crippen LogP contribution >= 0.6 is 0 Å². The van der Waals surface area contributed by atoms with Crippen molar-refractivity contribution in [2.24, 2.45) is 5.92 Å². The third kappa shape index (κ3) is 10.8. The van der Waals surface area contributed by atoms with E-state index < -0.39 is 46.9 Å². The minimum atomic E-state index is -4.52. The maximum absolute atomic E-state index is 12.3. The largest absolute Gasteiger partial charge is 0.453 e. The van der Waals surface area contributed by atoms with Crippen LogP contribution in [-0.2, 0) is 52.4 Å². The summed E-state index contributed by atoms with van der Waals surface area (Å²) in [6, 6.07) is 18.4. The van der Waals surface area contributed by atoms with Gasteiger partial charge in [0, 0.05) is 66.5 Å². The van der Waals surface area contributed by atoms with E-state index >= 15 is 0 Å². The number of hydrogen-bond acceptors (Lipinski definition) is 10. The van der Waals surface area contributed by atoms with E-state index in [1.54, 1.807) is 13.1 Å². The number of rotatable bonds is 17. The lowest BCUT2D eigenvalue weighted by Gasteiger charge is -2.33. The van der Waals surface area contributed by atoms with Crippen LogP contribution in [0.4, 0.5) is 11.4 Å². The highest BCUT2D eigenvalue weighted by molar-refractivity contribution is 7.86. The number of anilines is 1. The molecule has 70 heavy (non-hydrogen) atoms. The quantitative estimate of drug-likeness (QED) is 0.0566. The van der Waals surface area contributed by atoms with Crippen molar-refractivity contribution in [1.29, 1.82) is 0 Å². The van der Waals surface area contributed by atoms with Crippen molar-refractivity contribution < 1.29 is 57.8 Å². The minimum absolute atomic E-state index is 0.0835. The second kappa shape index (κ2) is 19.7. The molecule has 0 aromatic heterocycles. The molecule has 1 unspecified atom stereocenters. The van der Waals surface area contributed by atoms with Gasteiger partial charge in [-0.25, -0.2) is 0 Å². The lowest BCUT2D eigenvalue weighted by molar-refractivity contribution is -0.438. The van der Waals surface area contributed by atoms with E-state index in [4.69, 9.17) is 9.47 Å². The smallest absolute Gasteiger partial charge is 0.294 e. The van der Waals surface area contributed by atoms with E-state index in [1.165, 1.54) is 12.1 Å². The SMILES string of the molecule is CNC(=O)CCc1ccc2c(c1)OC1=C3C(=C(/C=C/C4=[N+](CCCCS(=O)(=O)O)c5ccccc5C4(C)C)CCC3CC/C1=C\C=C1\N(CCCCS(=O)(=O)O)c3ccc(S(=O)(=O)O)cc3C1(C)C)O2. The van der Waals surface area contributed by atoms with Crippen molar-refractivity contribution in [2.45, 2.75) is 108 Å². The van der Waals surface area contributed by atoms with E-state index in [0.29, 0.717) is 79.5 Å². The molecule has 15 nitrogen and oxygen atoms in total. The first-order chi connectivity index (χ1) is 33.0. The Bertz CT molecular complexity index is 3160. The van der Waals surface area contributed by atoms with E-state index in [2.05, 4.69) is 48.0 Å². The van der Waals surface area contributed by atoms with Gasteiger partial charge in [-0.05, 0) is 136 Å². The van der Waals surface area contributed by atoms with Crippen molar-refractivity contribution in [3.8, 4) is 11.5 Å². The van der Waals surface area contributed by atoms with Gasteiger partial charge in [0.1, 0.15) is 18.1 Å².